The summed E-state index contributed by atoms with van der Waals surface area (Å²) >= 11 is 3.46. The smallest absolute Gasteiger partial charge is 0.327 e. The quantitative estimate of drug-likeness (QED) is 0.906. The number of piperazine rings is 1. The molecule has 0 bridgehead atoms. The van der Waals surface area contributed by atoms with Gasteiger partial charge in [-0.15, -0.1) is 0 Å². The van der Waals surface area contributed by atoms with Gasteiger partial charge in [0.1, 0.15) is 6.04 Å². The van der Waals surface area contributed by atoms with Crippen molar-refractivity contribution in [2.75, 3.05) is 31.6 Å². The number of rotatable bonds is 2. The highest BCUT2D eigenvalue weighted by molar-refractivity contribution is 9.10. The highest BCUT2D eigenvalue weighted by atomic mass is 79.9. The van der Waals surface area contributed by atoms with Crippen molar-refractivity contribution in [2.24, 2.45) is 0 Å². The molecule has 0 aliphatic carbocycles. The predicted molar refractivity (Wildman–Crippen MR) is 75.1 cm³/mol. The van der Waals surface area contributed by atoms with Crippen LogP contribution in [-0.4, -0.2) is 48.7 Å². The number of carbonyl (C=O) groups is 1. The number of likely N-dealkylation sites (N-methyl/N-ethyl adjacent to an activating group) is 1. The third-order valence-electron chi connectivity index (χ3n) is 3.34. The number of aryl methyl sites for hydroxylation is 1. The number of hydrogen-bond acceptors (Lipinski definition) is 3. The van der Waals surface area contributed by atoms with Crippen LogP contribution in [-0.2, 0) is 4.79 Å². The predicted octanol–water partition coefficient (Wildman–Crippen LogP) is 1.96. The lowest BCUT2D eigenvalue weighted by Crippen LogP contribution is -2.55. The summed E-state index contributed by atoms with van der Waals surface area (Å²) in [5, 5.41) is 9.33. The van der Waals surface area contributed by atoms with E-state index in [2.05, 4.69) is 20.8 Å². The number of hydrogen-bond donors (Lipinski definition) is 1. The minimum atomic E-state index is -0.762. The first kappa shape index (κ1) is 13.4. The molecule has 98 valence electrons. The van der Waals surface area contributed by atoms with E-state index in [0.717, 1.165) is 28.8 Å². The maximum Gasteiger partial charge on any atom is 0.327 e. The summed E-state index contributed by atoms with van der Waals surface area (Å²) < 4.78 is 1.05. The summed E-state index contributed by atoms with van der Waals surface area (Å²) in [7, 11) is 1.96. The Balaban J connectivity index is 2.29. The van der Waals surface area contributed by atoms with Crippen LogP contribution in [0.25, 0.3) is 0 Å². The van der Waals surface area contributed by atoms with Crippen LogP contribution in [0.4, 0.5) is 5.69 Å². The second-order valence-electron chi connectivity index (χ2n) is 4.74. The summed E-state index contributed by atoms with van der Waals surface area (Å²) in [5.41, 5.74) is 2.10. The van der Waals surface area contributed by atoms with Crippen LogP contribution >= 0.6 is 15.9 Å². The molecule has 4 nitrogen and oxygen atoms in total. The van der Waals surface area contributed by atoms with E-state index in [9.17, 15) is 9.90 Å². The molecule has 1 fully saturated rings. The van der Waals surface area contributed by atoms with Crippen molar-refractivity contribution in [3.8, 4) is 0 Å². The van der Waals surface area contributed by atoms with Gasteiger partial charge in [-0.25, -0.2) is 4.79 Å². The zero-order valence-electron chi connectivity index (χ0n) is 10.6. The standard InChI is InChI=1S/C13H17BrN2O2/c1-9-7-10(3-4-11(9)14)16-6-5-15(2)8-12(16)13(17)18/h3-4,7,12H,5-6,8H2,1-2H3,(H,17,18). The van der Waals surface area contributed by atoms with Gasteiger partial charge in [0.15, 0.2) is 0 Å². The first-order valence-electron chi connectivity index (χ1n) is 5.93. The van der Waals surface area contributed by atoms with Gasteiger partial charge >= 0.3 is 5.97 Å². The SMILES string of the molecule is Cc1cc(N2CCN(C)CC2C(=O)O)ccc1Br. The first-order valence-corrected chi connectivity index (χ1v) is 6.72. The summed E-state index contributed by atoms with van der Waals surface area (Å²) in [6, 6.07) is 5.51. The van der Waals surface area contributed by atoms with E-state index in [1.54, 1.807) is 0 Å². The normalized spacial score (nSPS) is 21.1. The van der Waals surface area contributed by atoms with Crippen LogP contribution in [0.15, 0.2) is 22.7 Å². The Bertz CT molecular complexity index is 464. The fraction of sp³-hybridized carbons (Fsp3) is 0.462. The molecule has 1 unspecified atom stereocenters. The van der Waals surface area contributed by atoms with E-state index in [1.165, 1.54) is 0 Å². The molecular formula is C13H17BrN2O2. The Morgan fingerprint density at radius 2 is 2.17 bits per heavy atom. The molecule has 1 heterocycles. The second kappa shape index (κ2) is 5.28. The van der Waals surface area contributed by atoms with Crippen molar-refractivity contribution < 1.29 is 9.90 Å². The van der Waals surface area contributed by atoms with Gasteiger partial charge in [-0.2, -0.15) is 0 Å². The molecule has 1 N–H and O–H groups in total. The number of carboxylic acid groups (broad SMARTS) is 1. The van der Waals surface area contributed by atoms with Crippen molar-refractivity contribution in [1.29, 1.82) is 0 Å². The zero-order chi connectivity index (χ0) is 13.3. The van der Waals surface area contributed by atoms with Crippen LogP contribution in [0.2, 0.25) is 0 Å². The fourth-order valence-corrected chi connectivity index (χ4v) is 2.49. The molecule has 5 heteroatoms. The van der Waals surface area contributed by atoms with Crippen molar-refractivity contribution >= 4 is 27.6 Å². The van der Waals surface area contributed by atoms with Crippen LogP contribution < -0.4 is 4.90 Å². The molecule has 1 aliphatic heterocycles. The lowest BCUT2D eigenvalue weighted by atomic mass is 10.1. The molecule has 1 atom stereocenters. The third kappa shape index (κ3) is 2.67. The molecule has 2 rings (SSSR count). The first-order chi connectivity index (χ1) is 8.49. The van der Waals surface area contributed by atoms with Crippen LogP contribution in [0.3, 0.4) is 0 Å². The molecule has 0 amide bonds. The van der Waals surface area contributed by atoms with Crippen LogP contribution in [0, 0.1) is 6.92 Å². The van der Waals surface area contributed by atoms with Crippen molar-refractivity contribution in [1.82, 2.24) is 4.90 Å². The van der Waals surface area contributed by atoms with Crippen LogP contribution in [0.1, 0.15) is 5.56 Å². The molecule has 1 aliphatic rings. The average molecular weight is 313 g/mol. The number of aliphatic carboxylic acids is 1. The van der Waals surface area contributed by atoms with E-state index in [0.29, 0.717) is 6.54 Å². The maximum atomic E-state index is 11.4. The average Bonchev–Trinajstić information content (AvgIpc) is 2.32. The van der Waals surface area contributed by atoms with Gasteiger partial charge in [0, 0.05) is 29.8 Å². The molecule has 1 saturated heterocycles. The number of nitrogens with zero attached hydrogens (tertiary/aromatic N) is 2. The molecular weight excluding hydrogens is 296 g/mol. The van der Waals surface area contributed by atoms with Gasteiger partial charge in [0.2, 0.25) is 0 Å². The highest BCUT2D eigenvalue weighted by Gasteiger charge is 2.31. The summed E-state index contributed by atoms with van der Waals surface area (Å²) in [6.07, 6.45) is 0. The summed E-state index contributed by atoms with van der Waals surface area (Å²) in [4.78, 5) is 15.4. The van der Waals surface area contributed by atoms with Crippen LogP contribution in [0.5, 0.6) is 0 Å². The summed E-state index contributed by atoms with van der Waals surface area (Å²) in [6.45, 7) is 4.21. The molecule has 0 aromatic heterocycles. The fourth-order valence-electron chi connectivity index (χ4n) is 2.25. The van der Waals surface area contributed by atoms with Gasteiger partial charge in [0.25, 0.3) is 0 Å². The van der Waals surface area contributed by atoms with Crippen molar-refractivity contribution in [3.63, 3.8) is 0 Å². The highest BCUT2D eigenvalue weighted by Crippen LogP contribution is 2.25. The Labute approximate surface area is 115 Å². The van der Waals surface area contributed by atoms with Gasteiger partial charge in [-0.3, -0.25) is 0 Å². The molecule has 1 aromatic rings. The molecule has 0 radical (unpaired) electrons. The van der Waals surface area contributed by atoms with Gasteiger partial charge in [-0.1, -0.05) is 15.9 Å². The lowest BCUT2D eigenvalue weighted by Gasteiger charge is -2.39. The van der Waals surface area contributed by atoms with Gasteiger partial charge in [-0.05, 0) is 37.7 Å². The molecule has 1 aromatic carbocycles. The topological polar surface area (TPSA) is 43.8 Å². The Morgan fingerprint density at radius 3 is 2.78 bits per heavy atom. The number of halogens is 1. The molecule has 0 spiro atoms. The number of benzene rings is 1. The maximum absolute atomic E-state index is 11.4. The Morgan fingerprint density at radius 1 is 1.44 bits per heavy atom. The largest absolute Gasteiger partial charge is 0.480 e. The van der Waals surface area contributed by atoms with E-state index < -0.39 is 12.0 Å². The molecule has 18 heavy (non-hydrogen) atoms. The van der Waals surface area contributed by atoms with Crippen molar-refractivity contribution in [3.05, 3.63) is 28.2 Å². The Kier molecular flexibility index (Phi) is 3.92. The van der Waals surface area contributed by atoms with E-state index in [4.69, 9.17) is 0 Å². The number of anilines is 1. The lowest BCUT2D eigenvalue weighted by molar-refractivity contribution is -0.139. The number of carboxylic acids is 1. The zero-order valence-corrected chi connectivity index (χ0v) is 12.1. The monoisotopic (exact) mass is 312 g/mol. The van der Waals surface area contributed by atoms with Gasteiger partial charge in [0.05, 0.1) is 0 Å². The molecule has 0 saturated carbocycles. The minimum absolute atomic E-state index is 0.468. The van der Waals surface area contributed by atoms with E-state index in [-0.39, 0.29) is 0 Å². The second-order valence-corrected chi connectivity index (χ2v) is 5.60. The van der Waals surface area contributed by atoms with Crippen molar-refractivity contribution in [2.45, 2.75) is 13.0 Å². The summed E-state index contributed by atoms with van der Waals surface area (Å²) in [5.74, 6) is -0.762. The Hall–Kier alpha value is -1.07. The van der Waals surface area contributed by atoms with E-state index >= 15 is 0 Å². The minimum Gasteiger partial charge on any atom is -0.480 e. The van der Waals surface area contributed by atoms with Gasteiger partial charge < -0.3 is 14.9 Å². The van der Waals surface area contributed by atoms with E-state index in [1.807, 2.05) is 37.1 Å². The third-order valence-corrected chi connectivity index (χ3v) is 4.23.